The molecule has 28 heavy (non-hydrogen) atoms. The summed E-state index contributed by atoms with van der Waals surface area (Å²) in [6.45, 7) is 3.22. The Balaban J connectivity index is 1.71. The Morgan fingerprint density at radius 2 is 2.14 bits per heavy atom. The highest BCUT2D eigenvalue weighted by atomic mass is 35.5. The lowest BCUT2D eigenvalue weighted by molar-refractivity contribution is -0.147. The Bertz CT molecular complexity index is 1010. The lowest BCUT2D eigenvalue weighted by Crippen LogP contribution is -2.39. The number of aromatic hydroxyl groups is 1. The molecule has 1 N–H and O–H groups in total. The summed E-state index contributed by atoms with van der Waals surface area (Å²) in [5.74, 6) is 0.475. The van der Waals surface area contributed by atoms with E-state index in [1.807, 2.05) is 24.3 Å². The number of carbonyl (C=O) groups excluding carboxylic acids is 1. The molecule has 2 aromatic heterocycles. The van der Waals surface area contributed by atoms with Gasteiger partial charge < -0.3 is 9.84 Å². The SMILES string of the molecule is COC(=O)C1CCN([C@@H](c2cccc(Cl)c2)c2sc3nc(C)nn3c2O)CC1. The molecule has 0 saturated carbocycles. The van der Waals surface area contributed by atoms with Gasteiger partial charge in [0.15, 0.2) is 0 Å². The van der Waals surface area contributed by atoms with Crippen molar-refractivity contribution < 1.29 is 14.6 Å². The van der Waals surface area contributed by atoms with E-state index in [-0.39, 0.29) is 23.8 Å². The highest BCUT2D eigenvalue weighted by molar-refractivity contribution is 7.17. The third-order valence-electron chi connectivity index (χ3n) is 5.15. The van der Waals surface area contributed by atoms with Crippen molar-refractivity contribution in [3.05, 3.63) is 45.6 Å². The van der Waals surface area contributed by atoms with Crippen LogP contribution in [0, 0.1) is 12.8 Å². The standard InChI is InChI=1S/C19H21ClN4O3S/c1-11-21-19-24(22-11)17(25)16(28-19)15(13-4-3-5-14(20)10-13)23-8-6-12(7-9-23)18(26)27-2/h3-5,10,12,15,25H,6-9H2,1-2H3/t15-/m0/s1. The van der Waals surface area contributed by atoms with Gasteiger partial charge in [-0.1, -0.05) is 35.1 Å². The molecule has 0 bridgehead atoms. The molecule has 0 unspecified atom stereocenters. The number of benzene rings is 1. The first-order valence-electron chi connectivity index (χ1n) is 9.10. The maximum absolute atomic E-state index is 11.9. The maximum atomic E-state index is 11.9. The van der Waals surface area contributed by atoms with Crippen LogP contribution >= 0.6 is 22.9 Å². The van der Waals surface area contributed by atoms with Gasteiger partial charge in [0.05, 0.1) is 23.9 Å². The van der Waals surface area contributed by atoms with Crippen LogP contribution in [-0.4, -0.2) is 50.8 Å². The van der Waals surface area contributed by atoms with Crippen molar-refractivity contribution in [1.82, 2.24) is 19.5 Å². The summed E-state index contributed by atoms with van der Waals surface area (Å²) in [6, 6.07) is 7.47. The van der Waals surface area contributed by atoms with E-state index in [0.717, 1.165) is 10.4 Å². The van der Waals surface area contributed by atoms with Crippen LogP contribution in [0.2, 0.25) is 5.02 Å². The molecule has 4 rings (SSSR count). The number of carbonyl (C=O) groups is 1. The third-order valence-corrected chi connectivity index (χ3v) is 6.46. The average molecular weight is 421 g/mol. The van der Waals surface area contributed by atoms with E-state index >= 15 is 0 Å². The zero-order chi connectivity index (χ0) is 19.8. The first-order chi connectivity index (χ1) is 13.5. The first-order valence-corrected chi connectivity index (χ1v) is 10.3. The number of ether oxygens (including phenoxy) is 1. The van der Waals surface area contributed by atoms with Gasteiger partial charge in [0, 0.05) is 5.02 Å². The molecule has 1 atom stereocenters. The predicted octanol–water partition coefficient (Wildman–Crippen LogP) is 3.43. The molecule has 0 radical (unpaired) electrons. The number of aromatic nitrogens is 3. The van der Waals surface area contributed by atoms with E-state index < -0.39 is 0 Å². The van der Waals surface area contributed by atoms with Crippen molar-refractivity contribution in [2.75, 3.05) is 20.2 Å². The number of thiazole rings is 1. The molecule has 0 amide bonds. The molecule has 1 aromatic carbocycles. The lowest BCUT2D eigenvalue weighted by atomic mass is 9.94. The van der Waals surface area contributed by atoms with E-state index in [4.69, 9.17) is 16.3 Å². The van der Waals surface area contributed by atoms with E-state index in [2.05, 4.69) is 15.0 Å². The Morgan fingerprint density at radius 3 is 2.79 bits per heavy atom. The fourth-order valence-electron chi connectivity index (χ4n) is 3.79. The number of hydrogen-bond acceptors (Lipinski definition) is 7. The van der Waals surface area contributed by atoms with Crippen LogP contribution < -0.4 is 0 Å². The third kappa shape index (κ3) is 3.47. The van der Waals surface area contributed by atoms with Gasteiger partial charge in [-0.15, -0.1) is 5.10 Å². The van der Waals surface area contributed by atoms with Crippen molar-refractivity contribution in [3.8, 4) is 5.88 Å². The van der Waals surface area contributed by atoms with Crippen LogP contribution in [0.5, 0.6) is 5.88 Å². The topological polar surface area (TPSA) is 80.0 Å². The van der Waals surface area contributed by atoms with E-state index in [1.54, 1.807) is 6.92 Å². The van der Waals surface area contributed by atoms with E-state index in [1.165, 1.54) is 23.0 Å². The zero-order valence-corrected chi connectivity index (χ0v) is 17.2. The van der Waals surface area contributed by atoms with Gasteiger partial charge in [0.2, 0.25) is 10.8 Å². The van der Waals surface area contributed by atoms with Crippen LogP contribution in [0.3, 0.4) is 0 Å². The second kappa shape index (κ2) is 7.69. The number of hydrogen-bond donors (Lipinski definition) is 1. The van der Waals surface area contributed by atoms with Crippen molar-refractivity contribution in [1.29, 1.82) is 0 Å². The molecule has 148 valence electrons. The summed E-state index contributed by atoms with van der Waals surface area (Å²) in [4.78, 5) is 20.0. The number of aryl methyl sites for hydroxylation is 1. The molecule has 1 aliphatic heterocycles. The number of methoxy groups -OCH3 is 1. The van der Waals surface area contributed by atoms with Crippen LogP contribution in [0.15, 0.2) is 24.3 Å². The second-order valence-electron chi connectivity index (χ2n) is 6.93. The number of halogens is 1. The Kier molecular flexibility index (Phi) is 5.27. The summed E-state index contributed by atoms with van der Waals surface area (Å²) >= 11 is 7.67. The van der Waals surface area contributed by atoms with Gasteiger partial charge >= 0.3 is 5.97 Å². The first kappa shape index (κ1) is 19.2. The molecule has 9 heteroatoms. The smallest absolute Gasteiger partial charge is 0.308 e. The number of fused-ring (bicyclic) bond motifs is 1. The fourth-order valence-corrected chi connectivity index (χ4v) is 5.15. The number of rotatable bonds is 4. The highest BCUT2D eigenvalue weighted by Crippen LogP contribution is 2.41. The number of likely N-dealkylation sites (tertiary alicyclic amines) is 1. The van der Waals surface area contributed by atoms with Crippen molar-refractivity contribution in [2.24, 2.45) is 5.92 Å². The summed E-state index contributed by atoms with van der Waals surface area (Å²) < 4.78 is 6.38. The van der Waals surface area contributed by atoms with Gasteiger partial charge in [-0.2, -0.15) is 4.52 Å². The molecule has 1 aliphatic rings. The fraction of sp³-hybridized carbons (Fsp3) is 0.421. The molecule has 0 spiro atoms. The quantitative estimate of drug-likeness (QED) is 0.651. The normalized spacial score (nSPS) is 17.1. The molecular formula is C19H21ClN4O3S. The maximum Gasteiger partial charge on any atom is 0.308 e. The minimum atomic E-state index is -0.189. The molecule has 7 nitrogen and oxygen atoms in total. The van der Waals surface area contributed by atoms with Gasteiger partial charge in [0.25, 0.3) is 0 Å². The lowest BCUT2D eigenvalue weighted by Gasteiger charge is -2.36. The molecule has 3 aromatic rings. The Hall–Kier alpha value is -2.16. The van der Waals surface area contributed by atoms with Gasteiger partial charge in [-0.3, -0.25) is 9.69 Å². The zero-order valence-electron chi connectivity index (χ0n) is 15.6. The summed E-state index contributed by atoms with van der Waals surface area (Å²) in [7, 11) is 1.43. The van der Waals surface area contributed by atoms with Crippen LogP contribution in [0.4, 0.5) is 0 Å². The molecular weight excluding hydrogens is 400 g/mol. The Labute approximate surface area is 171 Å². The summed E-state index contributed by atoms with van der Waals surface area (Å²) in [6.07, 6.45) is 1.43. The molecule has 1 saturated heterocycles. The second-order valence-corrected chi connectivity index (χ2v) is 8.38. The number of esters is 1. The predicted molar refractivity (Wildman–Crippen MR) is 107 cm³/mol. The summed E-state index contributed by atoms with van der Waals surface area (Å²) in [5.41, 5.74) is 0.987. The van der Waals surface area contributed by atoms with Crippen molar-refractivity contribution in [3.63, 3.8) is 0 Å². The molecule has 1 fully saturated rings. The largest absolute Gasteiger partial charge is 0.492 e. The van der Waals surface area contributed by atoms with E-state index in [0.29, 0.717) is 41.7 Å². The average Bonchev–Trinajstić information content (AvgIpc) is 3.19. The number of nitrogens with zero attached hydrogens (tertiary/aromatic N) is 4. The van der Waals surface area contributed by atoms with Crippen molar-refractivity contribution in [2.45, 2.75) is 25.8 Å². The monoisotopic (exact) mass is 420 g/mol. The molecule has 0 aliphatic carbocycles. The minimum absolute atomic E-state index is 0.0835. The van der Waals surface area contributed by atoms with Crippen LogP contribution in [0.1, 0.15) is 35.1 Å². The van der Waals surface area contributed by atoms with Crippen molar-refractivity contribution >= 4 is 33.9 Å². The van der Waals surface area contributed by atoms with Crippen LogP contribution in [-0.2, 0) is 9.53 Å². The highest BCUT2D eigenvalue weighted by Gasteiger charge is 2.34. The van der Waals surface area contributed by atoms with Gasteiger partial charge in [-0.25, -0.2) is 4.98 Å². The Morgan fingerprint density at radius 1 is 1.39 bits per heavy atom. The molecule has 3 heterocycles. The van der Waals surface area contributed by atoms with Gasteiger partial charge in [0.1, 0.15) is 5.82 Å². The summed E-state index contributed by atoms with van der Waals surface area (Å²) in [5, 5.41) is 15.8. The minimum Gasteiger partial charge on any atom is -0.492 e. The van der Waals surface area contributed by atoms with Gasteiger partial charge in [-0.05, 0) is 50.6 Å². The number of piperidine rings is 1. The van der Waals surface area contributed by atoms with E-state index in [9.17, 15) is 9.90 Å². The van der Waals surface area contributed by atoms with Crippen LogP contribution in [0.25, 0.3) is 4.96 Å².